The van der Waals surface area contributed by atoms with Crippen LogP contribution >= 0.6 is 0 Å². The Morgan fingerprint density at radius 2 is 2.25 bits per heavy atom. The molecule has 2 aliphatic rings. The molecule has 0 amide bonds. The normalized spacial score (nSPS) is 26.2. The van der Waals surface area contributed by atoms with Crippen molar-refractivity contribution in [3.8, 4) is 0 Å². The summed E-state index contributed by atoms with van der Waals surface area (Å²) in [5.74, 6) is 1.96. The maximum atomic E-state index is 5.56. The van der Waals surface area contributed by atoms with Crippen molar-refractivity contribution < 1.29 is 4.74 Å². The van der Waals surface area contributed by atoms with Gasteiger partial charge < -0.3 is 14.6 Å². The lowest BCUT2D eigenvalue weighted by Gasteiger charge is -2.22. The summed E-state index contributed by atoms with van der Waals surface area (Å²) in [6.45, 7) is 6.58. The molecule has 0 radical (unpaired) electrons. The van der Waals surface area contributed by atoms with Gasteiger partial charge in [0.15, 0.2) is 0 Å². The van der Waals surface area contributed by atoms with Crippen LogP contribution in [0.15, 0.2) is 0 Å². The van der Waals surface area contributed by atoms with Crippen LogP contribution in [0.1, 0.15) is 56.4 Å². The van der Waals surface area contributed by atoms with E-state index in [4.69, 9.17) is 9.72 Å². The first-order valence-electron chi connectivity index (χ1n) is 8.01. The summed E-state index contributed by atoms with van der Waals surface area (Å²) in [6.07, 6.45) is 6.22. The van der Waals surface area contributed by atoms with Crippen LogP contribution in [-0.2, 0) is 24.1 Å². The van der Waals surface area contributed by atoms with E-state index in [1.165, 1.54) is 30.1 Å². The summed E-state index contributed by atoms with van der Waals surface area (Å²) in [6, 6.07) is 0.600. The zero-order chi connectivity index (χ0) is 14.1. The summed E-state index contributed by atoms with van der Waals surface area (Å²) in [4.78, 5) is 4.95. The molecule has 2 unspecified atom stereocenters. The van der Waals surface area contributed by atoms with Crippen molar-refractivity contribution in [1.29, 1.82) is 0 Å². The molecule has 1 aromatic rings. The molecule has 4 heteroatoms. The summed E-state index contributed by atoms with van der Waals surface area (Å²) >= 11 is 0. The van der Waals surface area contributed by atoms with Gasteiger partial charge in [-0.05, 0) is 25.2 Å². The number of aromatic nitrogens is 2. The average molecular weight is 277 g/mol. The minimum Gasteiger partial charge on any atom is -0.381 e. The monoisotopic (exact) mass is 277 g/mol. The van der Waals surface area contributed by atoms with E-state index in [1.807, 2.05) is 7.11 Å². The Morgan fingerprint density at radius 1 is 1.40 bits per heavy atom. The molecule has 2 atom stereocenters. The lowest BCUT2D eigenvalue weighted by atomic mass is 10.1. The topological polar surface area (TPSA) is 39.1 Å². The van der Waals surface area contributed by atoms with Crippen LogP contribution < -0.4 is 5.32 Å². The standard InChI is InChI=1S/C16H27N3O/c1-11(2)8-16-18-14-10-17-7-6-15(14)19(16)12-4-5-13(9-12)20-3/h11-13,17H,4-10H2,1-3H3. The lowest BCUT2D eigenvalue weighted by molar-refractivity contribution is 0.105. The first-order chi connectivity index (χ1) is 9.69. The van der Waals surface area contributed by atoms with E-state index in [2.05, 4.69) is 23.7 Å². The lowest BCUT2D eigenvalue weighted by Crippen LogP contribution is -2.26. The number of methoxy groups -OCH3 is 1. The highest BCUT2D eigenvalue weighted by Crippen LogP contribution is 2.35. The molecule has 1 N–H and O–H groups in total. The quantitative estimate of drug-likeness (QED) is 0.919. The Kier molecular flexibility index (Phi) is 4.13. The number of nitrogens with one attached hydrogen (secondary N) is 1. The summed E-state index contributed by atoms with van der Waals surface area (Å²) in [5.41, 5.74) is 2.77. The van der Waals surface area contributed by atoms with E-state index in [-0.39, 0.29) is 0 Å². The van der Waals surface area contributed by atoms with Gasteiger partial charge in [0.25, 0.3) is 0 Å². The maximum Gasteiger partial charge on any atom is 0.109 e. The van der Waals surface area contributed by atoms with Crippen molar-refractivity contribution in [2.24, 2.45) is 5.92 Å². The second-order valence-electron chi connectivity index (χ2n) is 6.64. The van der Waals surface area contributed by atoms with E-state index >= 15 is 0 Å². The number of nitrogens with zero attached hydrogens (tertiary/aromatic N) is 2. The molecule has 0 aromatic carbocycles. The number of imidazole rings is 1. The molecule has 1 aromatic heterocycles. The van der Waals surface area contributed by atoms with Crippen LogP contribution in [0.2, 0.25) is 0 Å². The average Bonchev–Trinajstić information content (AvgIpc) is 3.00. The van der Waals surface area contributed by atoms with E-state index in [0.717, 1.165) is 32.4 Å². The molecule has 1 aliphatic heterocycles. The van der Waals surface area contributed by atoms with Gasteiger partial charge in [0.2, 0.25) is 0 Å². The van der Waals surface area contributed by atoms with Gasteiger partial charge in [-0.3, -0.25) is 0 Å². The van der Waals surface area contributed by atoms with Gasteiger partial charge in [0.1, 0.15) is 5.82 Å². The molecule has 20 heavy (non-hydrogen) atoms. The zero-order valence-corrected chi connectivity index (χ0v) is 13.0. The number of hydrogen-bond acceptors (Lipinski definition) is 3. The van der Waals surface area contributed by atoms with Crippen LogP contribution in [0.5, 0.6) is 0 Å². The Bertz CT molecular complexity index is 467. The van der Waals surface area contributed by atoms with Gasteiger partial charge in [0.05, 0.1) is 11.8 Å². The molecule has 1 aliphatic carbocycles. The van der Waals surface area contributed by atoms with E-state index in [0.29, 0.717) is 18.1 Å². The van der Waals surface area contributed by atoms with Crippen LogP contribution in [0.4, 0.5) is 0 Å². The zero-order valence-electron chi connectivity index (χ0n) is 13.0. The molecule has 1 saturated carbocycles. The van der Waals surface area contributed by atoms with Crippen molar-refractivity contribution >= 4 is 0 Å². The smallest absolute Gasteiger partial charge is 0.109 e. The molecule has 0 spiro atoms. The van der Waals surface area contributed by atoms with Crippen LogP contribution in [0, 0.1) is 5.92 Å². The predicted molar refractivity (Wildman–Crippen MR) is 79.9 cm³/mol. The maximum absolute atomic E-state index is 5.56. The highest BCUT2D eigenvalue weighted by molar-refractivity contribution is 5.22. The Morgan fingerprint density at radius 3 is 2.95 bits per heavy atom. The Balaban J connectivity index is 1.92. The highest BCUT2D eigenvalue weighted by atomic mass is 16.5. The fraction of sp³-hybridized carbons (Fsp3) is 0.812. The van der Waals surface area contributed by atoms with Crippen molar-refractivity contribution in [2.75, 3.05) is 13.7 Å². The Labute approximate surface area is 121 Å². The summed E-state index contributed by atoms with van der Waals surface area (Å²) in [7, 11) is 1.84. The van der Waals surface area contributed by atoms with Crippen LogP contribution in [0.25, 0.3) is 0 Å². The number of fused-ring (bicyclic) bond motifs is 1. The molecule has 0 saturated heterocycles. The molecular weight excluding hydrogens is 250 g/mol. The van der Waals surface area contributed by atoms with Gasteiger partial charge in [0, 0.05) is 44.8 Å². The highest BCUT2D eigenvalue weighted by Gasteiger charge is 2.31. The third kappa shape index (κ3) is 2.63. The number of rotatable bonds is 4. The second-order valence-corrected chi connectivity index (χ2v) is 6.64. The number of ether oxygens (including phenoxy) is 1. The summed E-state index contributed by atoms with van der Waals surface area (Å²) in [5, 5.41) is 3.44. The van der Waals surface area contributed by atoms with Crippen LogP contribution in [-0.4, -0.2) is 29.3 Å². The molecule has 0 bridgehead atoms. The minimum absolute atomic E-state index is 0.437. The molecule has 112 valence electrons. The van der Waals surface area contributed by atoms with Gasteiger partial charge in [-0.15, -0.1) is 0 Å². The third-order valence-corrected chi connectivity index (χ3v) is 4.64. The minimum atomic E-state index is 0.437. The first kappa shape index (κ1) is 14.1. The molecule has 4 nitrogen and oxygen atoms in total. The van der Waals surface area contributed by atoms with Crippen molar-refractivity contribution in [1.82, 2.24) is 14.9 Å². The van der Waals surface area contributed by atoms with E-state index < -0.39 is 0 Å². The Hall–Kier alpha value is -0.870. The SMILES string of the molecule is COC1CCC(n2c(CC(C)C)nc3c2CCNC3)C1. The molecule has 3 rings (SSSR count). The second kappa shape index (κ2) is 5.86. The predicted octanol–water partition coefficient (Wildman–Crippen LogP) is 2.47. The van der Waals surface area contributed by atoms with Gasteiger partial charge in [-0.2, -0.15) is 0 Å². The van der Waals surface area contributed by atoms with Crippen LogP contribution in [0.3, 0.4) is 0 Å². The first-order valence-corrected chi connectivity index (χ1v) is 8.01. The molecule has 1 fully saturated rings. The van der Waals surface area contributed by atoms with Crippen molar-refractivity contribution in [3.63, 3.8) is 0 Å². The fourth-order valence-electron chi connectivity index (χ4n) is 3.70. The number of hydrogen-bond donors (Lipinski definition) is 1. The van der Waals surface area contributed by atoms with E-state index in [9.17, 15) is 0 Å². The molecule has 2 heterocycles. The largest absolute Gasteiger partial charge is 0.381 e. The van der Waals surface area contributed by atoms with E-state index in [1.54, 1.807) is 0 Å². The van der Waals surface area contributed by atoms with Crippen molar-refractivity contribution in [3.05, 3.63) is 17.2 Å². The van der Waals surface area contributed by atoms with Gasteiger partial charge >= 0.3 is 0 Å². The third-order valence-electron chi connectivity index (χ3n) is 4.64. The van der Waals surface area contributed by atoms with Gasteiger partial charge in [-0.1, -0.05) is 13.8 Å². The molecular formula is C16H27N3O. The fourth-order valence-corrected chi connectivity index (χ4v) is 3.70. The van der Waals surface area contributed by atoms with Crippen molar-refractivity contribution in [2.45, 2.75) is 64.6 Å². The van der Waals surface area contributed by atoms with Gasteiger partial charge in [-0.25, -0.2) is 4.98 Å². The summed E-state index contributed by atoms with van der Waals surface area (Å²) < 4.78 is 8.14.